The van der Waals surface area contributed by atoms with Crippen LogP contribution in [-0.4, -0.2) is 51.0 Å². The molecule has 4 aromatic rings. The Labute approximate surface area is 175 Å². The average Bonchev–Trinajstić information content (AvgIpc) is 3.20. The molecule has 5 rings (SSSR count). The van der Waals surface area contributed by atoms with E-state index in [1.54, 1.807) is 24.5 Å². The van der Waals surface area contributed by atoms with Crippen molar-refractivity contribution in [2.45, 2.75) is 6.54 Å². The predicted octanol–water partition coefficient (Wildman–Crippen LogP) is 2.90. The second kappa shape index (κ2) is 7.92. The average molecular weight is 422 g/mol. The lowest BCUT2D eigenvalue weighted by molar-refractivity contribution is 0.243. The van der Waals surface area contributed by atoms with Crippen molar-refractivity contribution in [1.29, 1.82) is 0 Å². The van der Waals surface area contributed by atoms with Crippen molar-refractivity contribution in [3.05, 3.63) is 70.8 Å². The van der Waals surface area contributed by atoms with Gasteiger partial charge in [0.15, 0.2) is 0 Å². The van der Waals surface area contributed by atoms with Crippen molar-refractivity contribution < 1.29 is 4.39 Å². The van der Waals surface area contributed by atoms with E-state index in [4.69, 9.17) is 0 Å². The molecule has 0 bridgehead atoms. The molecule has 4 heterocycles. The highest BCUT2D eigenvalue weighted by molar-refractivity contribution is 7.22. The van der Waals surface area contributed by atoms with Crippen LogP contribution in [0.2, 0.25) is 0 Å². The Morgan fingerprint density at radius 1 is 1.07 bits per heavy atom. The van der Waals surface area contributed by atoms with E-state index < -0.39 is 0 Å². The van der Waals surface area contributed by atoms with Crippen molar-refractivity contribution in [2.75, 3.05) is 31.1 Å². The van der Waals surface area contributed by atoms with E-state index in [2.05, 4.69) is 29.7 Å². The molecular formula is C21H19FN6OS. The van der Waals surface area contributed by atoms with Gasteiger partial charge in [-0.15, -0.1) is 11.3 Å². The highest BCUT2D eigenvalue weighted by atomic mass is 32.1. The maximum atomic E-state index is 13.2. The quantitative estimate of drug-likeness (QED) is 0.545. The summed E-state index contributed by atoms with van der Waals surface area (Å²) < 4.78 is 13.8. The molecule has 0 spiro atoms. The Morgan fingerprint density at radius 2 is 1.80 bits per heavy atom. The fourth-order valence-corrected chi connectivity index (χ4v) is 4.59. The SMILES string of the molecule is O=c1[nH]c(CN2CCN(c3ncccn3)CC2)nc2cc(-c3ccc(F)cc3)sc12. The van der Waals surface area contributed by atoms with Crippen LogP contribution in [0.5, 0.6) is 0 Å². The first-order valence-electron chi connectivity index (χ1n) is 9.69. The minimum absolute atomic E-state index is 0.135. The van der Waals surface area contributed by atoms with E-state index in [9.17, 15) is 9.18 Å². The number of hydrogen-bond donors (Lipinski definition) is 1. The number of rotatable bonds is 4. The van der Waals surface area contributed by atoms with Crippen LogP contribution in [0, 0.1) is 5.82 Å². The van der Waals surface area contributed by atoms with E-state index in [-0.39, 0.29) is 11.4 Å². The fraction of sp³-hybridized carbons (Fsp3) is 0.238. The Bertz CT molecular complexity index is 1220. The van der Waals surface area contributed by atoms with Gasteiger partial charge >= 0.3 is 0 Å². The standard InChI is InChI=1S/C21H19FN6OS/c22-15-4-2-14(3-5-15)17-12-16-19(30-17)20(29)26-18(25-16)13-27-8-10-28(11-9-27)21-23-6-1-7-24-21/h1-7,12H,8-11,13H2,(H,25,26,29). The molecule has 1 fully saturated rings. The zero-order valence-corrected chi connectivity index (χ0v) is 16.9. The first-order valence-corrected chi connectivity index (χ1v) is 10.5. The van der Waals surface area contributed by atoms with E-state index in [1.807, 2.05) is 12.1 Å². The number of halogens is 1. The third kappa shape index (κ3) is 3.81. The lowest BCUT2D eigenvalue weighted by atomic mass is 10.2. The van der Waals surface area contributed by atoms with Crippen LogP contribution in [0.25, 0.3) is 20.7 Å². The Balaban J connectivity index is 1.32. The van der Waals surface area contributed by atoms with Gasteiger partial charge in [0.2, 0.25) is 5.95 Å². The van der Waals surface area contributed by atoms with Gasteiger partial charge in [-0.3, -0.25) is 9.69 Å². The molecule has 1 saturated heterocycles. The number of fused-ring (bicyclic) bond motifs is 1. The van der Waals surface area contributed by atoms with Crippen molar-refractivity contribution in [3.63, 3.8) is 0 Å². The van der Waals surface area contributed by atoms with Crippen molar-refractivity contribution >= 4 is 27.5 Å². The molecule has 7 nitrogen and oxygen atoms in total. The molecule has 0 amide bonds. The van der Waals surface area contributed by atoms with Gasteiger partial charge in [0, 0.05) is 43.4 Å². The summed E-state index contributed by atoms with van der Waals surface area (Å²) in [6, 6.07) is 9.97. The molecule has 0 saturated carbocycles. The minimum Gasteiger partial charge on any atom is -0.338 e. The summed E-state index contributed by atoms with van der Waals surface area (Å²) in [5.41, 5.74) is 1.42. The van der Waals surface area contributed by atoms with Crippen molar-refractivity contribution in [2.24, 2.45) is 0 Å². The van der Waals surface area contributed by atoms with E-state index in [0.29, 0.717) is 22.6 Å². The van der Waals surface area contributed by atoms with Crippen LogP contribution in [0.3, 0.4) is 0 Å². The third-order valence-corrected chi connectivity index (χ3v) is 6.31. The van der Waals surface area contributed by atoms with Crippen LogP contribution >= 0.6 is 11.3 Å². The van der Waals surface area contributed by atoms with Crippen molar-refractivity contribution in [3.8, 4) is 10.4 Å². The molecule has 0 aliphatic carbocycles. The third-order valence-electron chi connectivity index (χ3n) is 5.14. The lowest BCUT2D eigenvalue weighted by Gasteiger charge is -2.34. The second-order valence-corrected chi connectivity index (χ2v) is 8.21. The first-order chi connectivity index (χ1) is 14.7. The first kappa shape index (κ1) is 18.8. The zero-order chi connectivity index (χ0) is 20.5. The number of benzene rings is 1. The Morgan fingerprint density at radius 3 is 2.53 bits per heavy atom. The van der Waals surface area contributed by atoms with E-state index in [0.717, 1.165) is 42.6 Å². The fourth-order valence-electron chi connectivity index (χ4n) is 3.59. The molecule has 1 aromatic carbocycles. The molecule has 30 heavy (non-hydrogen) atoms. The van der Waals surface area contributed by atoms with Gasteiger partial charge in [0.25, 0.3) is 5.56 Å². The number of thiophene rings is 1. The Hall–Kier alpha value is -3.17. The van der Waals surface area contributed by atoms with E-state index in [1.165, 1.54) is 23.5 Å². The largest absolute Gasteiger partial charge is 0.338 e. The Kier molecular flexibility index (Phi) is 4.97. The number of aromatic amines is 1. The molecular weight excluding hydrogens is 403 g/mol. The van der Waals surface area contributed by atoms with Crippen LogP contribution in [-0.2, 0) is 6.54 Å². The maximum Gasteiger partial charge on any atom is 0.268 e. The molecule has 1 N–H and O–H groups in total. The van der Waals surface area contributed by atoms with Crippen molar-refractivity contribution in [1.82, 2.24) is 24.8 Å². The second-order valence-electron chi connectivity index (χ2n) is 7.16. The van der Waals surface area contributed by atoms with Gasteiger partial charge in [0.1, 0.15) is 16.3 Å². The number of piperazine rings is 1. The predicted molar refractivity (Wildman–Crippen MR) is 115 cm³/mol. The zero-order valence-electron chi connectivity index (χ0n) is 16.1. The molecule has 0 radical (unpaired) electrons. The number of nitrogens with zero attached hydrogens (tertiary/aromatic N) is 5. The topological polar surface area (TPSA) is 78.0 Å². The minimum atomic E-state index is -0.281. The molecule has 0 unspecified atom stereocenters. The highest BCUT2D eigenvalue weighted by Crippen LogP contribution is 2.31. The van der Waals surface area contributed by atoms with Gasteiger partial charge in [0.05, 0.1) is 12.1 Å². The number of H-pyrrole nitrogens is 1. The lowest BCUT2D eigenvalue weighted by Crippen LogP contribution is -2.46. The summed E-state index contributed by atoms with van der Waals surface area (Å²) in [5, 5.41) is 0. The number of aromatic nitrogens is 4. The maximum absolute atomic E-state index is 13.2. The van der Waals surface area contributed by atoms with Gasteiger partial charge < -0.3 is 9.88 Å². The normalized spacial score (nSPS) is 15.0. The summed E-state index contributed by atoms with van der Waals surface area (Å²) >= 11 is 1.37. The van der Waals surface area contributed by atoms with Gasteiger partial charge in [-0.1, -0.05) is 12.1 Å². The molecule has 0 atom stereocenters. The monoisotopic (exact) mass is 422 g/mol. The highest BCUT2D eigenvalue weighted by Gasteiger charge is 2.20. The van der Waals surface area contributed by atoms with Crippen LogP contribution in [0.15, 0.2) is 53.6 Å². The summed E-state index contributed by atoms with van der Waals surface area (Å²) in [4.78, 5) is 34.1. The van der Waals surface area contributed by atoms with Crippen LogP contribution in [0.1, 0.15) is 5.82 Å². The molecule has 3 aromatic heterocycles. The van der Waals surface area contributed by atoms with E-state index >= 15 is 0 Å². The molecule has 152 valence electrons. The summed E-state index contributed by atoms with van der Waals surface area (Å²) in [5.74, 6) is 1.12. The number of anilines is 1. The summed E-state index contributed by atoms with van der Waals surface area (Å²) in [6.45, 7) is 3.90. The molecule has 9 heteroatoms. The smallest absolute Gasteiger partial charge is 0.268 e. The number of nitrogens with one attached hydrogen (secondary N) is 1. The van der Waals surface area contributed by atoms with Gasteiger partial charge in [-0.25, -0.2) is 19.3 Å². The summed E-state index contributed by atoms with van der Waals surface area (Å²) in [6.07, 6.45) is 3.50. The summed E-state index contributed by atoms with van der Waals surface area (Å²) in [7, 11) is 0. The molecule has 1 aliphatic rings. The van der Waals surface area contributed by atoms with Crippen LogP contribution < -0.4 is 10.5 Å². The van der Waals surface area contributed by atoms with Gasteiger partial charge in [-0.05, 0) is 29.8 Å². The van der Waals surface area contributed by atoms with Crippen LogP contribution in [0.4, 0.5) is 10.3 Å². The van der Waals surface area contributed by atoms with Gasteiger partial charge in [-0.2, -0.15) is 0 Å². The number of hydrogen-bond acceptors (Lipinski definition) is 7. The molecule has 1 aliphatic heterocycles.